The summed E-state index contributed by atoms with van der Waals surface area (Å²) in [7, 11) is 4.17. The lowest BCUT2D eigenvalue weighted by Gasteiger charge is -2.09. The number of imidazole rings is 1. The van der Waals surface area contributed by atoms with Crippen molar-refractivity contribution in [2.24, 2.45) is 0 Å². The van der Waals surface area contributed by atoms with Gasteiger partial charge in [0.2, 0.25) is 0 Å². The third kappa shape index (κ3) is 2.49. The molecule has 0 fully saturated rings. The number of benzene rings is 1. The molecule has 3 aromatic heterocycles. The van der Waals surface area contributed by atoms with Crippen LogP contribution >= 0.6 is 0 Å². The van der Waals surface area contributed by atoms with E-state index in [0.29, 0.717) is 0 Å². The van der Waals surface area contributed by atoms with Gasteiger partial charge in [-0.1, -0.05) is 6.07 Å². The Kier molecular flexibility index (Phi) is 3.16. The van der Waals surface area contributed by atoms with Crippen molar-refractivity contribution in [3.63, 3.8) is 0 Å². The SMILES string of the molecule is Cc1nc2nccc(-c3cc4cc(CN(C)C)ccc4[nH]3)c2[nH]1. The first-order valence-corrected chi connectivity index (χ1v) is 7.68. The van der Waals surface area contributed by atoms with Gasteiger partial charge in [0.05, 0.1) is 5.52 Å². The van der Waals surface area contributed by atoms with E-state index in [1.54, 1.807) is 6.20 Å². The predicted molar refractivity (Wildman–Crippen MR) is 93.3 cm³/mol. The maximum absolute atomic E-state index is 4.41. The van der Waals surface area contributed by atoms with Gasteiger partial charge in [-0.3, -0.25) is 0 Å². The molecule has 0 unspecified atom stereocenters. The quantitative estimate of drug-likeness (QED) is 0.609. The molecule has 0 spiro atoms. The molecule has 1 aromatic carbocycles. The fourth-order valence-corrected chi connectivity index (χ4v) is 3.04. The minimum absolute atomic E-state index is 0.756. The van der Waals surface area contributed by atoms with Crippen LogP contribution in [0.15, 0.2) is 36.5 Å². The summed E-state index contributed by atoms with van der Waals surface area (Å²) in [6.45, 7) is 2.89. The number of rotatable bonds is 3. The molecule has 0 atom stereocenters. The highest BCUT2D eigenvalue weighted by molar-refractivity contribution is 5.94. The van der Waals surface area contributed by atoms with Gasteiger partial charge in [-0.25, -0.2) is 9.97 Å². The van der Waals surface area contributed by atoms with E-state index in [1.165, 1.54) is 10.9 Å². The molecule has 116 valence electrons. The van der Waals surface area contributed by atoms with E-state index in [4.69, 9.17) is 0 Å². The minimum Gasteiger partial charge on any atom is -0.354 e. The second-order valence-electron chi connectivity index (χ2n) is 6.22. The Bertz CT molecular complexity index is 993. The van der Waals surface area contributed by atoms with E-state index in [0.717, 1.165) is 40.3 Å². The highest BCUT2D eigenvalue weighted by Gasteiger charge is 2.11. The number of aromatic nitrogens is 4. The number of nitrogens with zero attached hydrogens (tertiary/aromatic N) is 3. The first kappa shape index (κ1) is 14.0. The van der Waals surface area contributed by atoms with E-state index in [9.17, 15) is 0 Å². The van der Waals surface area contributed by atoms with Gasteiger partial charge < -0.3 is 14.9 Å². The highest BCUT2D eigenvalue weighted by Crippen LogP contribution is 2.29. The highest BCUT2D eigenvalue weighted by atomic mass is 15.0. The van der Waals surface area contributed by atoms with Crippen LogP contribution < -0.4 is 0 Å². The molecule has 0 radical (unpaired) electrons. The number of pyridine rings is 1. The van der Waals surface area contributed by atoms with E-state index in [1.807, 2.05) is 13.0 Å². The third-order valence-electron chi connectivity index (χ3n) is 3.98. The molecule has 4 rings (SSSR count). The molecule has 5 nitrogen and oxygen atoms in total. The first-order valence-electron chi connectivity index (χ1n) is 7.68. The van der Waals surface area contributed by atoms with Crippen molar-refractivity contribution in [3.05, 3.63) is 47.9 Å². The number of nitrogens with one attached hydrogen (secondary N) is 2. The van der Waals surface area contributed by atoms with E-state index < -0.39 is 0 Å². The number of aryl methyl sites for hydroxylation is 1. The van der Waals surface area contributed by atoms with Crippen molar-refractivity contribution in [2.45, 2.75) is 13.5 Å². The van der Waals surface area contributed by atoms with Crippen molar-refractivity contribution in [1.29, 1.82) is 0 Å². The summed E-state index contributed by atoms with van der Waals surface area (Å²) in [5, 5.41) is 1.22. The summed E-state index contributed by atoms with van der Waals surface area (Å²) in [6.07, 6.45) is 1.81. The third-order valence-corrected chi connectivity index (χ3v) is 3.98. The number of aromatic amines is 2. The molecular formula is C18H19N5. The lowest BCUT2D eigenvalue weighted by atomic mass is 10.1. The van der Waals surface area contributed by atoms with Crippen LogP contribution in [0.1, 0.15) is 11.4 Å². The normalized spacial score (nSPS) is 11.8. The summed E-state index contributed by atoms with van der Waals surface area (Å²) in [4.78, 5) is 17.7. The average Bonchev–Trinajstić information content (AvgIpc) is 3.07. The number of H-pyrrole nitrogens is 2. The fourth-order valence-electron chi connectivity index (χ4n) is 3.04. The van der Waals surface area contributed by atoms with Gasteiger partial charge in [0.25, 0.3) is 0 Å². The van der Waals surface area contributed by atoms with Gasteiger partial charge in [-0.05, 0) is 50.8 Å². The summed E-state index contributed by atoms with van der Waals surface area (Å²) in [6, 6.07) is 10.8. The molecule has 0 saturated carbocycles. The molecule has 0 saturated heterocycles. The van der Waals surface area contributed by atoms with Gasteiger partial charge in [0.1, 0.15) is 5.82 Å². The van der Waals surface area contributed by atoms with Gasteiger partial charge in [0, 0.05) is 34.9 Å². The molecule has 0 aliphatic carbocycles. The summed E-state index contributed by atoms with van der Waals surface area (Å²) in [5.41, 5.74) is 6.37. The average molecular weight is 305 g/mol. The van der Waals surface area contributed by atoms with Gasteiger partial charge >= 0.3 is 0 Å². The van der Waals surface area contributed by atoms with Crippen molar-refractivity contribution >= 4 is 22.1 Å². The van der Waals surface area contributed by atoms with E-state index in [2.05, 4.69) is 63.2 Å². The Morgan fingerprint density at radius 2 is 1.96 bits per heavy atom. The van der Waals surface area contributed by atoms with Crippen LogP contribution in [-0.2, 0) is 6.54 Å². The Morgan fingerprint density at radius 1 is 1.09 bits per heavy atom. The molecule has 0 amide bonds. The molecule has 3 heterocycles. The van der Waals surface area contributed by atoms with Crippen LogP contribution in [0.4, 0.5) is 0 Å². The minimum atomic E-state index is 0.756. The Morgan fingerprint density at radius 3 is 2.78 bits per heavy atom. The fraction of sp³-hybridized carbons (Fsp3) is 0.222. The van der Waals surface area contributed by atoms with Crippen LogP contribution in [0.2, 0.25) is 0 Å². The lowest BCUT2D eigenvalue weighted by Crippen LogP contribution is -2.10. The maximum atomic E-state index is 4.41. The lowest BCUT2D eigenvalue weighted by molar-refractivity contribution is 0.403. The Balaban J connectivity index is 1.84. The molecule has 5 heteroatoms. The number of hydrogen-bond donors (Lipinski definition) is 2. The molecular weight excluding hydrogens is 286 g/mol. The monoisotopic (exact) mass is 305 g/mol. The second-order valence-corrected chi connectivity index (χ2v) is 6.22. The van der Waals surface area contributed by atoms with Gasteiger partial charge in [-0.15, -0.1) is 0 Å². The molecule has 0 bridgehead atoms. The predicted octanol–water partition coefficient (Wildman–Crippen LogP) is 3.48. The zero-order valence-corrected chi connectivity index (χ0v) is 13.5. The summed E-state index contributed by atoms with van der Waals surface area (Å²) >= 11 is 0. The number of hydrogen-bond acceptors (Lipinski definition) is 3. The summed E-state index contributed by atoms with van der Waals surface area (Å²) in [5.74, 6) is 0.879. The second kappa shape index (κ2) is 5.21. The van der Waals surface area contributed by atoms with Crippen LogP contribution in [-0.4, -0.2) is 38.9 Å². The molecule has 0 aliphatic heterocycles. The van der Waals surface area contributed by atoms with Crippen LogP contribution in [0.5, 0.6) is 0 Å². The smallest absolute Gasteiger partial charge is 0.178 e. The van der Waals surface area contributed by atoms with Crippen molar-refractivity contribution in [2.75, 3.05) is 14.1 Å². The van der Waals surface area contributed by atoms with E-state index in [-0.39, 0.29) is 0 Å². The maximum Gasteiger partial charge on any atom is 0.178 e. The Hall–Kier alpha value is -2.66. The zero-order chi connectivity index (χ0) is 16.0. The van der Waals surface area contributed by atoms with Crippen molar-refractivity contribution in [3.8, 4) is 11.3 Å². The van der Waals surface area contributed by atoms with Crippen LogP contribution in [0.3, 0.4) is 0 Å². The van der Waals surface area contributed by atoms with Gasteiger partial charge in [0.15, 0.2) is 5.65 Å². The standard InChI is InChI=1S/C18H19N5/c1-11-20-17-14(6-7-19-18(17)21-11)16-9-13-8-12(10-23(2)3)4-5-15(13)22-16/h4-9,22H,10H2,1-3H3,(H,19,20,21). The van der Waals surface area contributed by atoms with Crippen LogP contribution in [0.25, 0.3) is 33.3 Å². The Labute approximate surface area is 134 Å². The molecule has 2 N–H and O–H groups in total. The van der Waals surface area contributed by atoms with E-state index >= 15 is 0 Å². The molecule has 4 aromatic rings. The largest absolute Gasteiger partial charge is 0.354 e. The zero-order valence-electron chi connectivity index (χ0n) is 13.5. The molecule has 0 aliphatic rings. The van der Waals surface area contributed by atoms with Crippen LogP contribution in [0, 0.1) is 6.92 Å². The number of fused-ring (bicyclic) bond motifs is 2. The van der Waals surface area contributed by atoms with Crippen molar-refractivity contribution < 1.29 is 0 Å². The molecule has 23 heavy (non-hydrogen) atoms. The topological polar surface area (TPSA) is 60.6 Å². The first-order chi connectivity index (χ1) is 11.1. The van der Waals surface area contributed by atoms with Gasteiger partial charge in [-0.2, -0.15) is 0 Å². The summed E-state index contributed by atoms with van der Waals surface area (Å²) < 4.78 is 0. The van der Waals surface area contributed by atoms with Crippen molar-refractivity contribution in [1.82, 2.24) is 24.8 Å².